The van der Waals surface area contributed by atoms with Crippen LogP contribution >= 0.6 is 0 Å². The molecule has 4 aromatic rings. The van der Waals surface area contributed by atoms with E-state index >= 15 is 0 Å². The first-order valence-corrected chi connectivity index (χ1v) is 8.60. The Morgan fingerprint density at radius 3 is 2.42 bits per heavy atom. The zero-order valence-electron chi connectivity index (χ0n) is 14.3. The Labute approximate surface area is 151 Å². The highest BCUT2D eigenvalue weighted by molar-refractivity contribution is 5.74. The Morgan fingerprint density at radius 1 is 0.885 bits per heavy atom. The van der Waals surface area contributed by atoms with Crippen molar-refractivity contribution < 1.29 is 9.13 Å². The first-order chi connectivity index (χ1) is 12.8. The van der Waals surface area contributed by atoms with E-state index in [0.29, 0.717) is 13.2 Å². The first-order valence-electron chi connectivity index (χ1n) is 8.60. The smallest absolute Gasteiger partial charge is 0.123 e. The topological polar surface area (TPSA) is 27.1 Å². The van der Waals surface area contributed by atoms with Crippen LogP contribution in [0.5, 0.6) is 0 Å². The molecule has 0 saturated heterocycles. The molecule has 0 amide bonds. The number of aromatic nitrogens is 2. The van der Waals surface area contributed by atoms with Gasteiger partial charge in [-0.2, -0.15) is 0 Å². The van der Waals surface area contributed by atoms with Crippen molar-refractivity contribution in [1.29, 1.82) is 0 Å². The lowest BCUT2D eigenvalue weighted by Crippen LogP contribution is -2.12. The van der Waals surface area contributed by atoms with Crippen molar-refractivity contribution in [2.24, 2.45) is 0 Å². The number of ether oxygens (including phenoxy) is 1. The standard InChI is InChI=1S/C22H19FN2O/c23-19-12-10-17(11-13-19)15-26-22(18-6-2-1-3-7-18)14-25-16-24-20-8-4-5-9-21(20)25/h1-13,16,22H,14-15H2/t22-/m1/s1. The zero-order valence-corrected chi connectivity index (χ0v) is 14.3. The van der Waals surface area contributed by atoms with Crippen LogP contribution in [0.1, 0.15) is 17.2 Å². The summed E-state index contributed by atoms with van der Waals surface area (Å²) in [6.07, 6.45) is 1.72. The van der Waals surface area contributed by atoms with E-state index in [1.807, 2.05) is 42.7 Å². The normalized spacial score (nSPS) is 12.3. The number of halogens is 1. The summed E-state index contributed by atoms with van der Waals surface area (Å²) in [5.41, 5.74) is 4.10. The SMILES string of the molecule is Fc1ccc(CO[C@H](Cn2cnc3ccccc32)c2ccccc2)cc1. The Balaban J connectivity index is 1.57. The van der Waals surface area contributed by atoms with E-state index in [1.54, 1.807) is 12.1 Å². The number of imidazole rings is 1. The van der Waals surface area contributed by atoms with E-state index in [1.165, 1.54) is 12.1 Å². The predicted molar refractivity (Wildman–Crippen MR) is 100 cm³/mol. The number of para-hydroxylation sites is 2. The van der Waals surface area contributed by atoms with Gasteiger partial charge in [-0.3, -0.25) is 0 Å². The summed E-state index contributed by atoms with van der Waals surface area (Å²) in [5, 5.41) is 0. The van der Waals surface area contributed by atoms with Crippen molar-refractivity contribution >= 4 is 11.0 Å². The van der Waals surface area contributed by atoms with E-state index < -0.39 is 0 Å². The molecule has 1 aromatic heterocycles. The van der Waals surface area contributed by atoms with Gasteiger partial charge in [-0.15, -0.1) is 0 Å². The molecule has 0 unspecified atom stereocenters. The summed E-state index contributed by atoms with van der Waals surface area (Å²) in [6, 6.07) is 24.6. The summed E-state index contributed by atoms with van der Waals surface area (Å²) in [7, 11) is 0. The first kappa shape index (κ1) is 16.5. The van der Waals surface area contributed by atoms with Crippen molar-refractivity contribution in [3.05, 3.63) is 102 Å². The van der Waals surface area contributed by atoms with Gasteiger partial charge in [-0.05, 0) is 35.4 Å². The van der Waals surface area contributed by atoms with Gasteiger partial charge in [0.2, 0.25) is 0 Å². The summed E-state index contributed by atoms with van der Waals surface area (Å²) in [4.78, 5) is 4.46. The molecule has 0 radical (unpaired) electrons. The number of rotatable bonds is 6. The Bertz CT molecular complexity index is 980. The highest BCUT2D eigenvalue weighted by Crippen LogP contribution is 2.23. The average Bonchev–Trinajstić information content (AvgIpc) is 3.10. The number of nitrogens with zero attached hydrogens (tertiary/aromatic N) is 2. The second-order valence-electron chi connectivity index (χ2n) is 6.22. The molecule has 0 aliphatic carbocycles. The second-order valence-corrected chi connectivity index (χ2v) is 6.22. The van der Waals surface area contributed by atoms with Crippen LogP contribution in [-0.4, -0.2) is 9.55 Å². The molecule has 1 atom stereocenters. The molecule has 3 aromatic carbocycles. The molecule has 0 aliphatic rings. The summed E-state index contributed by atoms with van der Waals surface area (Å²) in [6.45, 7) is 1.08. The van der Waals surface area contributed by atoms with Crippen LogP contribution < -0.4 is 0 Å². The Kier molecular flexibility index (Phi) is 4.75. The van der Waals surface area contributed by atoms with E-state index in [9.17, 15) is 4.39 Å². The fourth-order valence-electron chi connectivity index (χ4n) is 3.03. The number of hydrogen-bond acceptors (Lipinski definition) is 2. The van der Waals surface area contributed by atoms with Crippen LogP contribution in [0.3, 0.4) is 0 Å². The maximum atomic E-state index is 13.1. The van der Waals surface area contributed by atoms with Crippen LogP contribution in [0.2, 0.25) is 0 Å². The van der Waals surface area contributed by atoms with Gasteiger partial charge < -0.3 is 9.30 Å². The third kappa shape index (κ3) is 3.65. The molecular weight excluding hydrogens is 327 g/mol. The van der Waals surface area contributed by atoms with Crippen molar-refractivity contribution in [3.63, 3.8) is 0 Å². The van der Waals surface area contributed by atoms with Gasteiger partial charge in [0.05, 0.1) is 30.5 Å². The third-order valence-corrected chi connectivity index (χ3v) is 4.43. The van der Waals surface area contributed by atoms with E-state index in [0.717, 1.165) is 22.2 Å². The van der Waals surface area contributed by atoms with Gasteiger partial charge in [0.1, 0.15) is 11.9 Å². The zero-order chi connectivity index (χ0) is 17.8. The Morgan fingerprint density at radius 2 is 1.62 bits per heavy atom. The van der Waals surface area contributed by atoms with E-state index in [-0.39, 0.29) is 11.9 Å². The van der Waals surface area contributed by atoms with Gasteiger partial charge in [0, 0.05) is 0 Å². The van der Waals surface area contributed by atoms with Gasteiger partial charge in [-0.1, -0.05) is 54.6 Å². The molecule has 0 N–H and O–H groups in total. The quantitative estimate of drug-likeness (QED) is 0.484. The van der Waals surface area contributed by atoms with Crippen LogP contribution in [0.15, 0.2) is 85.2 Å². The maximum absolute atomic E-state index is 13.1. The molecule has 4 rings (SSSR count). The molecule has 0 spiro atoms. The van der Waals surface area contributed by atoms with Crippen molar-refractivity contribution in [2.45, 2.75) is 19.3 Å². The minimum absolute atomic E-state index is 0.126. The molecule has 0 fully saturated rings. The maximum Gasteiger partial charge on any atom is 0.123 e. The van der Waals surface area contributed by atoms with E-state index in [2.05, 4.69) is 27.8 Å². The van der Waals surface area contributed by atoms with Crippen LogP contribution in [-0.2, 0) is 17.9 Å². The van der Waals surface area contributed by atoms with Crippen LogP contribution in [0.25, 0.3) is 11.0 Å². The highest BCUT2D eigenvalue weighted by atomic mass is 19.1. The number of hydrogen-bond donors (Lipinski definition) is 0. The van der Waals surface area contributed by atoms with Crippen LogP contribution in [0, 0.1) is 5.82 Å². The molecule has 26 heavy (non-hydrogen) atoms. The monoisotopic (exact) mass is 346 g/mol. The van der Waals surface area contributed by atoms with Crippen molar-refractivity contribution in [1.82, 2.24) is 9.55 Å². The molecule has 130 valence electrons. The van der Waals surface area contributed by atoms with Gasteiger partial charge in [0.25, 0.3) is 0 Å². The minimum Gasteiger partial charge on any atom is -0.367 e. The largest absolute Gasteiger partial charge is 0.367 e. The molecule has 4 heteroatoms. The number of benzene rings is 3. The number of fused-ring (bicyclic) bond motifs is 1. The van der Waals surface area contributed by atoms with Crippen LogP contribution in [0.4, 0.5) is 4.39 Å². The van der Waals surface area contributed by atoms with Gasteiger partial charge in [0.15, 0.2) is 0 Å². The van der Waals surface area contributed by atoms with Crippen molar-refractivity contribution in [3.8, 4) is 0 Å². The van der Waals surface area contributed by atoms with Gasteiger partial charge >= 0.3 is 0 Å². The molecule has 0 bridgehead atoms. The fraction of sp³-hybridized carbons (Fsp3) is 0.136. The van der Waals surface area contributed by atoms with E-state index in [4.69, 9.17) is 4.74 Å². The summed E-state index contributed by atoms with van der Waals surface area (Å²) < 4.78 is 21.4. The lowest BCUT2D eigenvalue weighted by molar-refractivity contribution is 0.0286. The molecule has 3 nitrogen and oxygen atoms in total. The molecule has 0 aliphatic heterocycles. The second kappa shape index (κ2) is 7.50. The molecule has 0 saturated carbocycles. The van der Waals surface area contributed by atoms with Crippen molar-refractivity contribution in [2.75, 3.05) is 0 Å². The summed E-state index contributed by atoms with van der Waals surface area (Å²) >= 11 is 0. The Hall–Kier alpha value is -2.98. The molecular formula is C22H19FN2O. The lowest BCUT2D eigenvalue weighted by Gasteiger charge is -2.19. The molecule has 1 heterocycles. The third-order valence-electron chi connectivity index (χ3n) is 4.43. The lowest BCUT2D eigenvalue weighted by atomic mass is 10.1. The highest BCUT2D eigenvalue weighted by Gasteiger charge is 2.15. The average molecular weight is 346 g/mol. The van der Waals surface area contributed by atoms with Gasteiger partial charge in [-0.25, -0.2) is 9.37 Å². The minimum atomic E-state index is -0.238. The fourth-order valence-corrected chi connectivity index (χ4v) is 3.03. The summed E-state index contributed by atoms with van der Waals surface area (Å²) in [5.74, 6) is -0.238. The predicted octanol–water partition coefficient (Wildman–Crippen LogP) is 5.13.